The summed E-state index contributed by atoms with van der Waals surface area (Å²) in [5, 5.41) is 7.04. The second-order valence-electron chi connectivity index (χ2n) is 5.14. The van der Waals surface area contributed by atoms with Gasteiger partial charge in [-0.25, -0.2) is 0 Å². The van der Waals surface area contributed by atoms with Gasteiger partial charge in [-0.2, -0.15) is 0 Å². The number of hydrogen-bond donors (Lipinski definition) is 2. The van der Waals surface area contributed by atoms with Crippen LogP contribution in [-0.4, -0.2) is 32.8 Å². The zero-order valence-electron chi connectivity index (χ0n) is 12.0. The first-order chi connectivity index (χ1) is 9.22. The van der Waals surface area contributed by atoms with Crippen LogP contribution in [0.25, 0.3) is 0 Å². The molecule has 1 fully saturated rings. The van der Waals surface area contributed by atoms with Crippen LogP contribution in [0.1, 0.15) is 25.3 Å². The van der Waals surface area contributed by atoms with Crippen LogP contribution in [0.15, 0.2) is 18.2 Å². The van der Waals surface area contributed by atoms with Gasteiger partial charge in [0.25, 0.3) is 0 Å². The van der Waals surface area contributed by atoms with E-state index >= 15 is 0 Å². The van der Waals surface area contributed by atoms with Gasteiger partial charge in [-0.15, -0.1) is 0 Å². The smallest absolute Gasteiger partial charge is 0.123 e. The molecule has 0 saturated heterocycles. The van der Waals surface area contributed by atoms with Crippen molar-refractivity contribution in [3.8, 4) is 11.5 Å². The lowest BCUT2D eigenvalue weighted by Crippen LogP contribution is -2.36. The van der Waals surface area contributed by atoms with Crippen molar-refractivity contribution < 1.29 is 9.47 Å². The van der Waals surface area contributed by atoms with E-state index in [0.717, 1.165) is 36.2 Å². The highest BCUT2D eigenvalue weighted by Gasteiger charge is 2.20. The molecule has 1 aliphatic carbocycles. The van der Waals surface area contributed by atoms with Crippen molar-refractivity contribution in [1.29, 1.82) is 0 Å². The Morgan fingerprint density at radius 1 is 1.26 bits per heavy atom. The Hall–Kier alpha value is -1.26. The summed E-state index contributed by atoms with van der Waals surface area (Å²) in [5.41, 5.74) is 1.13. The Balaban J connectivity index is 1.85. The van der Waals surface area contributed by atoms with Crippen molar-refractivity contribution in [2.75, 3.05) is 20.8 Å². The highest BCUT2D eigenvalue weighted by Crippen LogP contribution is 2.23. The van der Waals surface area contributed by atoms with Gasteiger partial charge in [0, 0.05) is 30.7 Å². The summed E-state index contributed by atoms with van der Waals surface area (Å²) in [6.07, 6.45) is 2.66. The molecule has 0 bridgehead atoms. The number of benzene rings is 1. The van der Waals surface area contributed by atoms with Crippen LogP contribution < -0.4 is 20.1 Å². The minimum Gasteiger partial charge on any atom is -0.497 e. The lowest BCUT2D eigenvalue weighted by molar-refractivity contribution is 0.394. The first kappa shape index (κ1) is 14.2. The topological polar surface area (TPSA) is 42.5 Å². The molecule has 0 aliphatic heterocycles. The molecule has 106 valence electrons. The Morgan fingerprint density at radius 2 is 2.05 bits per heavy atom. The SMILES string of the molecule is COc1ccc(OC)c(CNC(C)CNC2CC2)c1. The van der Waals surface area contributed by atoms with Crippen LogP contribution in [0, 0.1) is 0 Å². The van der Waals surface area contributed by atoms with Crippen molar-refractivity contribution in [3.63, 3.8) is 0 Å². The summed E-state index contributed by atoms with van der Waals surface area (Å²) in [7, 11) is 3.38. The van der Waals surface area contributed by atoms with Crippen LogP contribution in [0.2, 0.25) is 0 Å². The van der Waals surface area contributed by atoms with Gasteiger partial charge >= 0.3 is 0 Å². The summed E-state index contributed by atoms with van der Waals surface area (Å²) in [5.74, 6) is 1.76. The van der Waals surface area contributed by atoms with Crippen molar-refractivity contribution in [2.45, 2.75) is 38.4 Å². The van der Waals surface area contributed by atoms with Crippen LogP contribution in [-0.2, 0) is 6.54 Å². The van der Waals surface area contributed by atoms with Crippen LogP contribution >= 0.6 is 0 Å². The highest BCUT2D eigenvalue weighted by molar-refractivity contribution is 5.40. The monoisotopic (exact) mass is 264 g/mol. The maximum absolute atomic E-state index is 5.37. The van der Waals surface area contributed by atoms with E-state index in [2.05, 4.69) is 17.6 Å². The van der Waals surface area contributed by atoms with E-state index in [1.165, 1.54) is 12.8 Å². The van der Waals surface area contributed by atoms with Gasteiger partial charge in [-0.1, -0.05) is 0 Å². The number of methoxy groups -OCH3 is 2. The largest absolute Gasteiger partial charge is 0.497 e. The first-order valence-corrected chi connectivity index (χ1v) is 6.90. The summed E-state index contributed by atoms with van der Waals surface area (Å²) in [4.78, 5) is 0. The third-order valence-corrected chi connectivity index (χ3v) is 3.42. The molecule has 1 aromatic carbocycles. The second kappa shape index (κ2) is 6.78. The van der Waals surface area contributed by atoms with Gasteiger partial charge in [-0.05, 0) is 38.0 Å². The van der Waals surface area contributed by atoms with E-state index in [1.807, 2.05) is 18.2 Å². The molecule has 1 aliphatic rings. The number of hydrogen-bond acceptors (Lipinski definition) is 4. The van der Waals surface area contributed by atoms with Gasteiger partial charge < -0.3 is 20.1 Å². The molecular formula is C15H24N2O2. The molecule has 0 heterocycles. The van der Waals surface area contributed by atoms with Crippen LogP contribution in [0.3, 0.4) is 0 Å². The van der Waals surface area contributed by atoms with Gasteiger partial charge in [0.2, 0.25) is 0 Å². The lowest BCUT2D eigenvalue weighted by Gasteiger charge is -2.16. The van der Waals surface area contributed by atoms with E-state index < -0.39 is 0 Å². The molecule has 1 unspecified atom stereocenters. The van der Waals surface area contributed by atoms with E-state index in [9.17, 15) is 0 Å². The maximum Gasteiger partial charge on any atom is 0.123 e. The maximum atomic E-state index is 5.37. The van der Waals surface area contributed by atoms with Gasteiger partial charge in [0.05, 0.1) is 14.2 Å². The molecule has 1 atom stereocenters. The van der Waals surface area contributed by atoms with E-state index in [1.54, 1.807) is 14.2 Å². The number of nitrogens with one attached hydrogen (secondary N) is 2. The molecule has 1 saturated carbocycles. The average Bonchev–Trinajstić information content (AvgIpc) is 3.26. The van der Waals surface area contributed by atoms with E-state index in [4.69, 9.17) is 9.47 Å². The van der Waals surface area contributed by atoms with Gasteiger partial charge in [-0.3, -0.25) is 0 Å². The molecule has 0 radical (unpaired) electrons. The third-order valence-electron chi connectivity index (χ3n) is 3.42. The van der Waals surface area contributed by atoms with E-state index in [-0.39, 0.29) is 0 Å². The molecule has 0 aromatic heterocycles. The van der Waals surface area contributed by atoms with Crippen molar-refractivity contribution in [1.82, 2.24) is 10.6 Å². The Bertz CT molecular complexity index is 405. The minimum absolute atomic E-state index is 0.441. The van der Waals surface area contributed by atoms with Gasteiger partial charge in [0.1, 0.15) is 11.5 Å². The zero-order valence-corrected chi connectivity index (χ0v) is 12.0. The molecule has 19 heavy (non-hydrogen) atoms. The predicted molar refractivity (Wildman–Crippen MR) is 76.9 cm³/mol. The predicted octanol–water partition coefficient (Wildman–Crippen LogP) is 1.93. The summed E-state index contributed by atoms with van der Waals surface area (Å²) in [6.45, 7) is 3.99. The van der Waals surface area contributed by atoms with E-state index in [0.29, 0.717) is 6.04 Å². The molecule has 4 heteroatoms. The van der Waals surface area contributed by atoms with Crippen LogP contribution in [0.4, 0.5) is 0 Å². The molecule has 2 rings (SSSR count). The molecular weight excluding hydrogens is 240 g/mol. The Morgan fingerprint density at radius 3 is 2.68 bits per heavy atom. The fraction of sp³-hybridized carbons (Fsp3) is 0.600. The highest BCUT2D eigenvalue weighted by atomic mass is 16.5. The van der Waals surface area contributed by atoms with Crippen molar-refractivity contribution >= 4 is 0 Å². The minimum atomic E-state index is 0.441. The quantitative estimate of drug-likeness (QED) is 0.753. The average molecular weight is 264 g/mol. The summed E-state index contributed by atoms with van der Waals surface area (Å²) >= 11 is 0. The molecule has 0 amide bonds. The summed E-state index contributed by atoms with van der Waals surface area (Å²) in [6, 6.07) is 7.09. The second-order valence-corrected chi connectivity index (χ2v) is 5.14. The molecule has 4 nitrogen and oxygen atoms in total. The van der Waals surface area contributed by atoms with Crippen molar-refractivity contribution in [3.05, 3.63) is 23.8 Å². The molecule has 0 spiro atoms. The summed E-state index contributed by atoms with van der Waals surface area (Å²) < 4.78 is 10.6. The number of rotatable bonds is 8. The van der Waals surface area contributed by atoms with Gasteiger partial charge in [0.15, 0.2) is 0 Å². The van der Waals surface area contributed by atoms with Crippen molar-refractivity contribution in [2.24, 2.45) is 0 Å². The fourth-order valence-corrected chi connectivity index (χ4v) is 2.01. The standard InChI is InChI=1S/C15H24N2O2/c1-11(9-17-13-4-5-13)16-10-12-8-14(18-2)6-7-15(12)19-3/h6-8,11,13,16-17H,4-5,9-10H2,1-3H3. The zero-order chi connectivity index (χ0) is 13.7. The fourth-order valence-electron chi connectivity index (χ4n) is 2.01. The third kappa shape index (κ3) is 4.40. The first-order valence-electron chi connectivity index (χ1n) is 6.90. The van der Waals surface area contributed by atoms with Crippen LogP contribution in [0.5, 0.6) is 11.5 Å². The Kier molecular flexibility index (Phi) is 5.05. The normalized spacial score (nSPS) is 16.2. The molecule has 2 N–H and O–H groups in total. The molecule has 1 aromatic rings. The Labute approximate surface area is 115 Å². The number of ether oxygens (including phenoxy) is 2. The lowest BCUT2D eigenvalue weighted by atomic mass is 10.1.